The second kappa shape index (κ2) is 6.88. The molecule has 0 saturated carbocycles. The summed E-state index contributed by atoms with van der Waals surface area (Å²) in [5, 5.41) is 3.17. The van der Waals surface area contributed by atoms with Crippen molar-refractivity contribution in [3.05, 3.63) is 75.5 Å². The van der Waals surface area contributed by atoms with E-state index in [1.807, 2.05) is 0 Å². The van der Waals surface area contributed by atoms with Crippen LogP contribution in [0.15, 0.2) is 63.1 Å². The third kappa shape index (κ3) is 2.41. The zero-order valence-electron chi connectivity index (χ0n) is 17.2. The van der Waals surface area contributed by atoms with Gasteiger partial charge in [0, 0.05) is 11.3 Å². The van der Waals surface area contributed by atoms with Crippen LogP contribution in [-0.2, 0) is 19.7 Å². The van der Waals surface area contributed by atoms with Crippen LogP contribution in [0.2, 0.25) is 0 Å². The molecule has 9 heteroatoms. The van der Waals surface area contributed by atoms with Gasteiger partial charge in [0.15, 0.2) is 5.75 Å². The number of carbonyl (C=O) groups excluding carboxylic acids is 2. The van der Waals surface area contributed by atoms with Crippen LogP contribution in [0.1, 0.15) is 18.1 Å². The summed E-state index contributed by atoms with van der Waals surface area (Å²) in [6.45, 7) is 1.64. The number of hydrogen-bond acceptors (Lipinski definition) is 8. The van der Waals surface area contributed by atoms with Gasteiger partial charge < -0.3 is 29.7 Å². The molecule has 0 bridgehead atoms. The Bertz CT molecular complexity index is 1410. The van der Waals surface area contributed by atoms with Crippen molar-refractivity contribution in [2.24, 2.45) is 5.73 Å². The molecule has 1 unspecified atom stereocenters. The number of hydrogen-bond donors (Lipinski definition) is 2. The molecular weight excluding hydrogens is 416 g/mol. The summed E-state index contributed by atoms with van der Waals surface area (Å²) < 4.78 is 21.9. The number of rotatable bonds is 3. The van der Waals surface area contributed by atoms with E-state index in [2.05, 4.69) is 5.32 Å². The Hall–Kier alpha value is -4.27. The maximum absolute atomic E-state index is 13.6. The van der Waals surface area contributed by atoms with Crippen LogP contribution >= 0.6 is 0 Å². The zero-order valence-corrected chi connectivity index (χ0v) is 17.2. The van der Waals surface area contributed by atoms with E-state index in [4.69, 9.17) is 24.4 Å². The van der Waals surface area contributed by atoms with Gasteiger partial charge in [-0.25, -0.2) is 9.59 Å². The number of methoxy groups -OCH3 is 1. The number of ether oxygens (including phenoxy) is 3. The van der Waals surface area contributed by atoms with Gasteiger partial charge in [-0.1, -0.05) is 12.1 Å². The first-order valence-corrected chi connectivity index (χ1v) is 9.85. The predicted molar refractivity (Wildman–Crippen MR) is 113 cm³/mol. The average molecular weight is 434 g/mol. The minimum Gasteiger partial charge on any atom is -0.497 e. The average Bonchev–Trinajstić information content (AvgIpc) is 3.05. The second-order valence-electron chi connectivity index (χ2n) is 7.27. The number of anilines is 1. The van der Waals surface area contributed by atoms with Gasteiger partial charge in [0.25, 0.3) is 0 Å². The number of amides is 1. The summed E-state index contributed by atoms with van der Waals surface area (Å²) in [6, 6.07) is 11.5. The van der Waals surface area contributed by atoms with Crippen molar-refractivity contribution in [1.29, 1.82) is 0 Å². The Morgan fingerprint density at radius 2 is 1.97 bits per heavy atom. The summed E-state index contributed by atoms with van der Waals surface area (Å²) in [5.41, 5.74) is 3.95. The van der Waals surface area contributed by atoms with Gasteiger partial charge in [-0.15, -0.1) is 0 Å². The fraction of sp³-hybridized carbons (Fsp3) is 0.174. The van der Waals surface area contributed by atoms with E-state index in [1.165, 1.54) is 7.11 Å². The molecule has 0 radical (unpaired) electrons. The van der Waals surface area contributed by atoms with Crippen molar-refractivity contribution in [3.63, 3.8) is 0 Å². The van der Waals surface area contributed by atoms with Crippen molar-refractivity contribution < 1.29 is 28.2 Å². The topological polar surface area (TPSA) is 130 Å². The van der Waals surface area contributed by atoms with Crippen LogP contribution in [-0.4, -0.2) is 25.6 Å². The Kier molecular flexibility index (Phi) is 4.23. The molecule has 2 aliphatic rings. The molecule has 3 heterocycles. The third-order valence-corrected chi connectivity index (χ3v) is 5.67. The largest absolute Gasteiger partial charge is 0.497 e. The maximum atomic E-state index is 13.6. The number of nitrogens with one attached hydrogen (secondary N) is 1. The molecule has 0 fully saturated rings. The Balaban J connectivity index is 1.97. The molecular formula is C23H18N2O7. The van der Waals surface area contributed by atoms with E-state index in [1.54, 1.807) is 49.4 Å². The highest BCUT2D eigenvalue weighted by Crippen LogP contribution is 2.54. The number of para-hydroxylation sites is 1. The smallest absolute Gasteiger partial charge is 0.345 e. The van der Waals surface area contributed by atoms with Gasteiger partial charge in [0.1, 0.15) is 27.9 Å². The van der Waals surface area contributed by atoms with Gasteiger partial charge in [0.2, 0.25) is 11.8 Å². The second-order valence-corrected chi connectivity index (χ2v) is 7.27. The maximum Gasteiger partial charge on any atom is 0.345 e. The molecule has 3 aromatic rings. The Morgan fingerprint density at radius 1 is 1.19 bits per heavy atom. The number of carbonyl (C=O) groups is 2. The van der Waals surface area contributed by atoms with E-state index in [-0.39, 0.29) is 35.0 Å². The number of nitrogens with two attached hydrogens (primary N) is 1. The molecule has 3 N–H and O–H groups in total. The molecule has 9 nitrogen and oxygen atoms in total. The van der Waals surface area contributed by atoms with E-state index >= 15 is 0 Å². The van der Waals surface area contributed by atoms with Crippen LogP contribution in [0.4, 0.5) is 5.69 Å². The van der Waals surface area contributed by atoms with Crippen molar-refractivity contribution in [3.8, 4) is 11.5 Å². The molecule has 2 aliphatic heterocycles. The predicted octanol–water partition coefficient (Wildman–Crippen LogP) is 2.17. The monoisotopic (exact) mass is 434 g/mol. The Labute approximate surface area is 181 Å². The van der Waals surface area contributed by atoms with Crippen LogP contribution in [0.5, 0.6) is 11.5 Å². The first-order chi connectivity index (χ1) is 15.4. The van der Waals surface area contributed by atoms with Crippen molar-refractivity contribution >= 4 is 28.5 Å². The highest BCUT2D eigenvalue weighted by Gasteiger charge is 2.61. The molecule has 162 valence electrons. The van der Waals surface area contributed by atoms with Crippen LogP contribution in [0.3, 0.4) is 0 Å². The summed E-state index contributed by atoms with van der Waals surface area (Å²) in [4.78, 5) is 40.0. The minimum atomic E-state index is -1.95. The molecule has 2 aromatic carbocycles. The van der Waals surface area contributed by atoms with Crippen LogP contribution in [0, 0.1) is 0 Å². The summed E-state index contributed by atoms with van der Waals surface area (Å²) >= 11 is 0. The molecule has 1 atom stereocenters. The number of benzene rings is 2. The van der Waals surface area contributed by atoms with Gasteiger partial charge in [0.05, 0.1) is 19.1 Å². The van der Waals surface area contributed by atoms with E-state index in [0.717, 1.165) is 0 Å². The van der Waals surface area contributed by atoms with E-state index in [9.17, 15) is 14.4 Å². The first kappa shape index (κ1) is 19.7. The first-order valence-electron chi connectivity index (χ1n) is 9.85. The summed E-state index contributed by atoms with van der Waals surface area (Å²) in [6.07, 6.45) is 0. The molecule has 0 aliphatic carbocycles. The summed E-state index contributed by atoms with van der Waals surface area (Å²) in [7, 11) is 1.47. The highest BCUT2D eigenvalue weighted by molar-refractivity contribution is 6.18. The van der Waals surface area contributed by atoms with Gasteiger partial charge in [-0.3, -0.25) is 4.79 Å². The zero-order chi connectivity index (χ0) is 22.6. The molecule has 32 heavy (non-hydrogen) atoms. The molecule has 1 amide bonds. The lowest BCUT2D eigenvalue weighted by Gasteiger charge is -2.34. The van der Waals surface area contributed by atoms with Gasteiger partial charge >= 0.3 is 11.6 Å². The molecule has 0 saturated heterocycles. The number of esters is 1. The minimum absolute atomic E-state index is 0.0253. The fourth-order valence-electron chi connectivity index (χ4n) is 4.38. The lowest BCUT2D eigenvalue weighted by Crippen LogP contribution is -2.48. The third-order valence-electron chi connectivity index (χ3n) is 5.67. The molecule has 1 aromatic heterocycles. The van der Waals surface area contributed by atoms with E-state index < -0.39 is 22.9 Å². The summed E-state index contributed by atoms with van der Waals surface area (Å²) in [5.74, 6) is -1.40. The van der Waals surface area contributed by atoms with Crippen molar-refractivity contribution in [2.45, 2.75) is 12.3 Å². The van der Waals surface area contributed by atoms with Crippen LogP contribution in [0.25, 0.3) is 11.0 Å². The van der Waals surface area contributed by atoms with E-state index in [0.29, 0.717) is 22.4 Å². The molecule has 5 rings (SSSR count). The lowest BCUT2D eigenvalue weighted by atomic mass is 9.68. The normalized spacial score (nSPS) is 18.8. The van der Waals surface area contributed by atoms with Gasteiger partial charge in [-0.2, -0.15) is 0 Å². The quantitative estimate of drug-likeness (QED) is 0.474. The van der Waals surface area contributed by atoms with Gasteiger partial charge in [-0.05, 0) is 37.3 Å². The van der Waals surface area contributed by atoms with Crippen molar-refractivity contribution in [1.82, 2.24) is 0 Å². The highest BCUT2D eigenvalue weighted by atomic mass is 16.5. The fourth-order valence-corrected chi connectivity index (χ4v) is 4.38. The Morgan fingerprint density at radius 3 is 2.72 bits per heavy atom. The number of fused-ring (bicyclic) bond motifs is 6. The van der Waals surface area contributed by atoms with Crippen molar-refractivity contribution in [2.75, 3.05) is 19.0 Å². The molecule has 1 spiro atoms. The van der Waals surface area contributed by atoms with Crippen LogP contribution < -0.4 is 26.1 Å². The lowest BCUT2D eigenvalue weighted by molar-refractivity contribution is -0.140. The standard InChI is InChI=1S/C23H18N2O7/c1-3-30-20(26)17-19(24)32-18-12-6-4-5-7-15(12)31-21(27)16(18)23(17)13-10-11(29-2)8-9-14(13)25-22(23)28/h4-10H,3,24H2,1-2H3,(H,25,28). The SMILES string of the molecule is CCOC(=O)C1=C(N)Oc2c(c(=O)oc3ccccc23)C12C(=O)Nc1ccc(OC)cc12.